The Bertz CT molecular complexity index is 459. The van der Waals surface area contributed by atoms with Gasteiger partial charge in [-0.15, -0.1) is 0 Å². The van der Waals surface area contributed by atoms with Gasteiger partial charge in [0.2, 0.25) is 0 Å². The van der Waals surface area contributed by atoms with Crippen LogP contribution in [0, 0.1) is 6.92 Å². The van der Waals surface area contributed by atoms with E-state index in [-0.39, 0.29) is 18.6 Å². The van der Waals surface area contributed by atoms with E-state index in [2.05, 4.69) is 15.0 Å². The van der Waals surface area contributed by atoms with E-state index in [4.69, 9.17) is 4.74 Å². The number of hydrogen-bond donors (Lipinski definition) is 2. The van der Waals surface area contributed by atoms with Crippen LogP contribution in [0.25, 0.3) is 0 Å². The lowest BCUT2D eigenvalue weighted by Gasteiger charge is -2.11. The number of aryl methyl sites for hydroxylation is 1. The zero-order valence-electron chi connectivity index (χ0n) is 11.6. The lowest BCUT2D eigenvalue weighted by molar-refractivity contribution is -0.124. The van der Waals surface area contributed by atoms with Crippen LogP contribution in [-0.2, 0) is 9.53 Å². The van der Waals surface area contributed by atoms with E-state index >= 15 is 0 Å². The van der Waals surface area contributed by atoms with Crippen LogP contribution in [0.15, 0.2) is 0 Å². The molecule has 1 aromatic heterocycles. The first-order valence-corrected chi connectivity index (χ1v) is 6.87. The van der Waals surface area contributed by atoms with Crippen LogP contribution in [0.3, 0.4) is 0 Å². The maximum atomic E-state index is 11.9. The van der Waals surface area contributed by atoms with Gasteiger partial charge < -0.3 is 15.4 Å². The summed E-state index contributed by atoms with van der Waals surface area (Å²) in [5.41, 5.74) is 0.991. The van der Waals surface area contributed by atoms with Gasteiger partial charge in [0.15, 0.2) is 6.61 Å². The van der Waals surface area contributed by atoms with Gasteiger partial charge in [-0.1, -0.05) is 6.92 Å². The number of nitrogens with zero attached hydrogens (tertiary/aromatic N) is 1. The van der Waals surface area contributed by atoms with Crippen LogP contribution in [0.2, 0.25) is 0 Å². The summed E-state index contributed by atoms with van der Waals surface area (Å²) in [6, 6.07) is 0.0728. The third-order valence-electron chi connectivity index (χ3n) is 2.65. The molecule has 7 heteroatoms. The second-order valence-corrected chi connectivity index (χ2v) is 4.95. The van der Waals surface area contributed by atoms with Gasteiger partial charge in [-0.05, 0) is 31.8 Å². The lowest BCUT2D eigenvalue weighted by atomic mass is 10.2. The topological polar surface area (TPSA) is 80.3 Å². The first-order chi connectivity index (χ1) is 8.99. The van der Waals surface area contributed by atoms with E-state index < -0.39 is 5.97 Å². The Morgan fingerprint density at radius 3 is 2.74 bits per heavy atom. The number of anilines is 1. The van der Waals surface area contributed by atoms with Gasteiger partial charge in [0.1, 0.15) is 10.6 Å². The summed E-state index contributed by atoms with van der Waals surface area (Å²) in [5.74, 6) is -0.829. The molecule has 0 bridgehead atoms. The van der Waals surface area contributed by atoms with E-state index in [1.165, 1.54) is 11.5 Å². The van der Waals surface area contributed by atoms with Gasteiger partial charge in [0.05, 0.1) is 5.69 Å². The number of nitrogens with one attached hydrogen (secondary N) is 2. The van der Waals surface area contributed by atoms with E-state index in [0.717, 1.165) is 6.42 Å². The molecule has 19 heavy (non-hydrogen) atoms. The average Bonchev–Trinajstić information content (AvgIpc) is 2.76. The number of rotatable bonds is 6. The predicted molar refractivity (Wildman–Crippen MR) is 74.6 cm³/mol. The SMILES string of the molecule is CCC(C)NC(=O)COC(=O)c1c(C)nsc1NC. The van der Waals surface area contributed by atoms with Crippen molar-refractivity contribution in [2.75, 3.05) is 19.0 Å². The highest BCUT2D eigenvalue weighted by Crippen LogP contribution is 2.24. The van der Waals surface area contributed by atoms with Crippen molar-refractivity contribution in [3.63, 3.8) is 0 Å². The summed E-state index contributed by atoms with van der Waals surface area (Å²) in [5, 5.41) is 6.25. The van der Waals surface area contributed by atoms with Crippen molar-refractivity contribution in [2.45, 2.75) is 33.2 Å². The second-order valence-electron chi connectivity index (χ2n) is 4.18. The van der Waals surface area contributed by atoms with Gasteiger partial charge in [0.25, 0.3) is 5.91 Å². The molecule has 0 aromatic carbocycles. The van der Waals surface area contributed by atoms with Crippen molar-refractivity contribution in [2.24, 2.45) is 0 Å². The van der Waals surface area contributed by atoms with Gasteiger partial charge >= 0.3 is 5.97 Å². The van der Waals surface area contributed by atoms with E-state index in [0.29, 0.717) is 16.3 Å². The first kappa shape index (κ1) is 15.4. The van der Waals surface area contributed by atoms with Crippen LogP contribution in [-0.4, -0.2) is 35.9 Å². The normalized spacial score (nSPS) is 11.8. The zero-order chi connectivity index (χ0) is 14.4. The van der Waals surface area contributed by atoms with Gasteiger partial charge in [-0.3, -0.25) is 4.79 Å². The minimum atomic E-state index is -0.532. The number of aromatic nitrogens is 1. The van der Waals surface area contributed by atoms with Crippen molar-refractivity contribution >= 4 is 28.4 Å². The fourth-order valence-electron chi connectivity index (χ4n) is 1.40. The highest BCUT2D eigenvalue weighted by atomic mass is 32.1. The number of esters is 1. The molecule has 0 aliphatic carbocycles. The van der Waals surface area contributed by atoms with Crippen LogP contribution >= 0.6 is 11.5 Å². The molecule has 1 unspecified atom stereocenters. The summed E-state index contributed by atoms with van der Waals surface area (Å²) >= 11 is 1.19. The molecule has 0 saturated carbocycles. The predicted octanol–water partition coefficient (Wildman–Crippen LogP) is 1.56. The van der Waals surface area contributed by atoms with E-state index in [1.807, 2.05) is 13.8 Å². The number of ether oxygens (including phenoxy) is 1. The van der Waals surface area contributed by atoms with Crippen molar-refractivity contribution in [1.29, 1.82) is 0 Å². The van der Waals surface area contributed by atoms with Crippen molar-refractivity contribution in [3.8, 4) is 0 Å². The summed E-state index contributed by atoms with van der Waals surface area (Å²) in [7, 11) is 1.71. The molecule has 0 radical (unpaired) electrons. The van der Waals surface area contributed by atoms with Crippen LogP contribution in [0.1, 0.15) is 36.3 Å². The second kappa shape index (κ2) is 7.08. The molecule has 2 N–H and O–H groups in total. The fraction of sp³-hybridized carbons (Fsp3) is 0.583. The molecule has 6 nitrogen and oxygen atoms in total. The Morgan fingerprint density at radius 2 is 2.16 bits per heavy atom. The third kappa shape index (κ3) is 4.20. The van der Waals surface area contributed by atoms with Crippen molar-refractivity contribution < 1.29 is 14.3 Å². The molecule has 106 valence electrons. The van der Waals surface area contributed by atoms with Crippen LogP contribution in [0.4, 0.5) is 5.00 Å². The highest BCUT2D eigenvalue weighted by Gasteiger charge is 2.20. The molecule has 0 fully saturated rings. The average molecular weight is 285 g/mol. The maximum Gasteiger partial charge on any atom is 0.343 e. The molecule has 0 spiro atoms. The molecule has 1 amide bonds. The molecule has 1 heterocycles. The Kier molecular flexibility index (Phi) is 5.75. The zero-order valence-corrected chi connectivity index (χ0v) is 12.4. The van der Waals surface area contributed by atoms with Gasteiger partial charge in [-0.25, -0.2) is 4.79 Å². The Balaban J connectivity index is 2.56. The summed E-state index contributed by atoms with van der Waals surface area (Å²) in [6.45, 7) is 5.32. The van der Waals surface area contributed by atoms with Crippen molar-refractivity contribution in [3.05, 3.63) is 11.3 Å². The fourth-order valence-corrected chi connectivity index (χ4v) is 2.14. The molecule has 0 aliphatic rings. The third-order valence-corrected chi connectivity index (χ3v) is 3.60. The summed E-state index contributed by atoms with van der Waals surface area (Å²) < 4.78 is 9.07. The maximum absolute atomic E-state index is 11.9. The van der Waals surface area contributed by atoms with Crippen LogP contribution in [0.5, 0.6) is 0 Å². The standard InChI is InChI=1S/C12H19N3O3S/c1-5-7(2)14-9(16)6-18-12(17)10-8(3)15-19-11(10)13-4/h7,13H,5-6H2,1-4H3,(H,14,16). The highest BCUT2D eigenvalue weighted by molar-refractivity contribution is 7.10. The monoisotopic (exact) mass is 285 g/mol. The molecular formula is C12H19N3O3S. The smallest absolute Gasteiger partial charge is 0.343 e. The summed E-state index contributed by atoms with van der Waals surface area (Å²) in [6.07, 6.45) is 0.831. The van der Waals surface area contributed by atoms with E-state index in [1.54, 1.807) is 14.0 Å². The van der Waals surface area contributed by atoms with Gasteiger partial charge in [0, 0.05) is 13.1 Å². The molecule has 0 saturated heterocycles. The minimum absolute atomic E-state index is 0.0728. The summed E-state index contributed by atoms with van der Waals surface area (Å²) in [4.78, 5) is 23.4. The number of amides is 1. The first-order valence-electron chi connectivity index (χ1n) is 6.10. The quantitative estimate of drug-likeness (QED) is 0.775. The number of carbonyl (C=O) groups is 2. The Hall–Kier alpha value is -1.63. The largest absolute Gasteiger partial charge is 0.452 e. The minimum Gasteiger partial charge on any atom is -0.452 e. The number of carbonyl (C=O) groups excluding carboxylic acids is 2. The van der Waals surface area contributed by atoms with Crippen LogP contribution < -0.4 is 10.6 Å². The molecule has 1 rings (SSSR count). The Labute approximate surface area is 116 Å². The molecule has 1 atom stereocenters. The van der Waals surface area contributed by atoms with Crippen molar-refractivity contribution in [1.82, 2.24) is 9.69 Å². The number of hydrogen-bond acceptors (Lipinski definition) is 6. The van der Waals surface area contributed by atoms with Gasteiger partial charge in [-0.2, -0.15) is 4.37 Å². The molecule has 0 aliphatic heterocycles. The lowest BCUT2D eigenvalue weighted by Crippen LogP contribution is -2.35. The van der Waals surface area contributed by atoms with E-state index in [9.17, 15) is 9.59 Å². The molecular weight excluding hydrogens is 266 g/mol. The molecule has 1 aromatic rings. The Morgan fingerprint density at radius 1 is 1.47 bits per heavy atom.